The molecular formula is C14H22N2O. The van der Waals surface area contributed by atoms with Crippen molar-refractivity contribution in [1.82, 2.24) is 10.2 Å². The third kappa shape index (κ3) is 1.79. The second-order valence-corrected chi connectivity index (χ2v) is 6.62. The number of nitrogens with one attached hydrogen (secondary N) is 1. The Kier molecular flexibility index (Phi) is 2.26. The van der Waals surface area contributed by atoms with E-state index < -0.39 is 0 Å². The number of rotatable bonds is 3. The summed E-state index contributed by atoms with van der Waals surface area (Å²) in [5.74, 6) is 3.95. The van der Waals surface area contributed by atoms with Crippen LogP contribution in [-0.2, 0) is 4.79 Å². The molecule has 0 bridgehead atoms. The highest BCUT2D eigenvalue weighted by Crippen LogP contribution is 2.50. The summed E-state index contributed by atoms with van der Waals surface area (Å²) in [6, 6.07) is 0. The van der Waals surface area contributed by atoms with Crippen LogP contribution in [-0.4, -0.2) is 37.0 Å². The van der Waals surface area contributed by atoms with E-state index in [-0.39, 0.29) is 0 Å². The zero-order valence-electron chi connectivity index (χ0n) is 10.4. The lowest BCUT2D eigenvalue weighted by Gasteiger charge is -2.24. The number of hydrogen-bond acceptors (Lipinski definition) is 2. The molecule has 2 atom stereocenters. The number of carbonyl (C=O) groups is 1. The van der Waals surface area contributed by atoms with Crippen LogP contribution in [0.3, 0.4) is 0 Å². The lowest BCUT2D eigenvalue weighted by molar-refractivity contribution is -0.136. The smallest absolute Gasteiger partial charge is 0.226 e. The number of nitrogens with zero attached hydrogens (tertiary/aromatic N) is 1. The molecule has 2 heterocycles. The molecule has 2 aliphatic carbocycles. The molecular weight excluding hydrogens is 212 g/mol. The summed E-state index contributed by atoms with van der Waals surface area (Å²) in [5, 5.41) is 3.45. The van der Waals surface area contributed by atoms with E-state index in [1.807, 2.05) is 0 Å². The lowest BCUT2D eigenvalue weighted by atomic mass is 9.96. The van der Waals surface area contributed by atoms with E-state index in [9.17, 15) is 4.79 Å². The first-order valence-electron chi connectivity index (χ1n) is 7.32. The van der Waals surface area contributed by atoms with E-state index >= 15 is 0 Å². The van der Waals surface area contributed by atoms with Crippen LogP contribution in [0.2, 0.25) is 0 Å². The second kappa shape index (κ2) is 3.71. The van der Waals surface area contributed by atoms with Crippen LogP contribution in [0, 0.1) is 29.6 Å². The Morgan fingerprint density at radius 2 is 1.53 bits per heavy atom. The highest BCUT2D eigenvalue weighted by molar-refractivity contribution is 5.80. The average Bonchev–Trinajstić information content (AvgIpc) is 3.21. The predicted molar refractivity (Wildman–Crippen MR) is 65.4 cm³/mol. The molecule has 1 amide bonds. The van der Waals surface area contributed by atoms with E-state index in [4.69, 9.17) is 0 Å². The maximum absolute atomic E-state index is 12.6. The normalized spacial score (nSPS) is 36.6. The maximum Gasteiger partial charge on any atom is 0.226 e. The van der Waals surface area contributed by atoms with Crippen LogP contribution in [0.15, 0.2) is 0 Å². The van der Waals surface area contributed by atoms with Gasteiger partial charge in [-0.05, 0) is 49.4 Å². The van der Waals surface area contributed by atoms with Crippen molar-refractivity contribution in [2.45, 2.75) is 25.7 Å². The van der Waals surface area contributed by atoms with Gasteiger partial charge in [0.2, 0.25) is 5.91 Å². The summed E-state index contributed by atoms with van der Waals surface area (Å²) >= 11 is 0. The van der Waals surface area contributed by atoms with Crippen molar-refractivity contribution in [3.63, 3.8) is 0 Å². The molecule has 3 nitrogen and oxygen atoms in total. The van der Waals surface area contributed by atoms with Gasteiger partial charge in [0, 0.05) is 32.1 Å². The highest BCUT2D eigenvalue weighted by atomic mass is 16.2. The number of amides is 1. The summed E-state index contributed by atoms with van der Waals surface area (Å²) in [4.78, 5) is 14.9. The van der Waals surface area contributed by atoms with Crippen LogP contribution in [0.25, 0.3) is 0 Å². The highest BCUT2D eigenvalue weighted by Gasteiger charge is 2.49. The van der Waals surface area contributed by atoms with Gasteiger partial charge in [-0.2, -0.15) is 0 Å². The van der Waals surface area contributed by atoms with Gasteiger partial charge in [-0.15, -0.1) is 0 Å². The lowest BCUT2D eigenvalue weighted by Crippen LogP contribution is -2.38. The van der Waals surface area contributed by atoms with Crippen molar-refractivity contribution in [2.24, 2.45) is 29.6 Å². The van der Waals surface area contributed by atoms with Crippen molar-refractivity contribution >= 4 is 5.91 Å². The first-order chi connectivity index (χ1) is 8.33. The van der Waals surface area contributed by atoms with E-state index in [1.54, 1.807) is 0 Å². The largest absolute Gasteiger partial charge is 0.342 e. The van der Waals surface area contributed by atoms with Gasteiger partial charge in [0.25, 0.3) is 0 Å². The summed E-state index contributed by atoms with van der Waals surface area (Å²) < 4.78 is 0. The van der Waals surface area contributed by atoms with Crippen LogP contribution in [0.5, 0.6) is 0 Å². The molecule has 4 rings (SSSR count). The van der Waals surface area contributed by atoms with Crippen LogP contribution >= 0.6 is 0 Å². The van der Waals surface area contributed by atoms with Crippen molar-refractivity contribution in [3.05, 3.63) is 0 Å². The van der Waals surface area contributed by atoms with Crippen LogP contribution in [0.1, 0.15) is 25.7 Å². The average molecular weight is 234 g/mol. The Morgan fingerprint density at radius 1 is 1.00 bits per heavy atom. The Bertz CT molecular complexity index is 311. The van der Waals surface area contributed by atoms with Crippen molar-refractivity contribution in [2.75, 3.05) is 26.2 Å². The van der Waals surface area contributed by atoms with E-state index in [2.05, 4.69) is 10.2 Å². The first kappa shape index (κ1) is 10.4. The molecule has 2 saturated carbocycles. The van der Waals surface area contributed by atoms with Crippen LogP contribution in [0.4, 0.5) is 0 Å². The zero-order chi connectivity index (χ0) is 11.4. The number of carbonyl (C=O) groups excluding carboxylic acids is 1. The fourth-order valence-corrected chi connectivity index (χ4v) is 3.95. The SMILES string of the molecule is O=C(C(C1CC1)C1CC1)N1C[C@H]2CNC[C@H]2C1. The molecule has 4 aliphatic rings. The topological polar surface area (TPSA) is 32.3 Å². The predicted octanol–water partition coefficient (Wildman–Crippen LogP) is 1.10. The van der Waals surface area contributed by atoms with Crippen molar-refractivity contribution in [3.8, 4) is 0 Å². The van der Waals surface area contributed by atoms with Gasteiger partial charge in [0.05, 0.1) is 0 Å². The molecule has 0 radical (unpaired) electrons. The standard InChI is InChI=1S/C14H22N2O/c17-14(13(9-1-2-9)10-3-4-10)16-7-11-5-15-6-12(11)8-16/h9-13,15H,1-8H2/t11-,12+. The summed E-state index contributed by atoms with van der Waals surface area (Å²) in [6.07, 6.45) is 5.26. The van der Waals surface area contributed by atoms with Crippen molar-refractivity contribution < 1.29 is 4.79 Å². The molecule has 4 fully saturated rings. The molecule has 0 spiro atoms. The molecule has 1 N–H and O–H groups in total. The van der Waals surface area contributed by atoms with Gasteiger partial charge in [0.15, 0.2) is 0 Å². The Morgan fingerprint density at radius 3 is 2.00 bits per heavy atom. The molecule has 0 unspecified atom stereocenters. The number of hydrogen-bond donors (Lipinski definition) is 1. The Hall–Kier alpha value is -0.570. The molecule has 0 aromatic carbocycles. The third-order valence-corrected chi connectivity index (χ3v) is 5.25. The number of fused-ring (bicyclic) bond motifs is 1. The van der Waals surface area contributed by atoms with E-state index in [0.29, 0.717) is 11.8 Å². The summed E-state index contributed by atoms with van der Waals surface area (Å²) in [6.45, 7) is 4.33. The minimum atomic E-state index is 0.418. The molecule has 0 aromatic heterocycles. The maximum atomic E-state index is 12.6. The Balaban J connectivity index is 1.45. The van der Waals surface area contributed by atoms with E-state index in [0.717, 1.165) is 49.9 Å². The van der Waals surface area contributed by atoms with Gasteiger partial charge in [-0.3, -0.25) is 4.79 Å². The molecule has 2 aliphatic heterocycles. The van der Waals surface area contributed by atoms with Crippen LogP contribution < -0.4 is 5.32 Å². The fraction of sp³-hybridized carbons (Fsp3) is 0.929. The van der Waals surface area contributed by atoms with Gasteiger partial charge in [-0.25, -0.2) is 0 Å². The molecule has 94 valence electrons. The third-order valence-electron chi connectivity index (χ3n) is 5.25. The quantitative estimate of drug-likeness (QED) is 0.793. The van der Waals surface area contributed by atoms with Gasteiger partial charge >= 0.3 is 0 Å². The zero-order valence-corrected chi connectivity index (χ0v) is 10.4. The summed E-state index contributed by atoms with van der Waals surface area (Å²) in [7, 11) is 0. The van der Waals surface area contributed by atoms with E-state index in [1.165, 1.54) is 25.7 Å². The van der Waals surface area contributed by atoms with Crippen molar-refractivity contribution in [1.29, 1.82) is 0 Å². The minimum absolute atomic E-state index is 0.418. The monoisotopic (exact) mass is 234 g/mol. The summed E-state index contributed by atoms with van der Waals surface area (Å²) in [5.41, 5.74) is 0. The first-order valence-corrected chi connectivity index (χ1v) is 7.32. The fourth-order valence-electron chi connectivity index (χ4n) is 3.95. The second-order valence-electron chi connectivity index (χ2n) is 6.62. The van der Waals surface area contributed by atoms with Gasteiger partial charge < -0.3 is 10.2 Å². The Labute approximate surface area is 103 Å². The van der Waals surface area contributed by atoms with Gasteiger partial charge in [-0.1, -0.05) is 0 Å². The molecule has 3 heteroatoms. The molecule has 17 heavy (non-hydrogen) atoms. The van der Waals surface area contributed by atoms with Gasteiger partial charge in [0.1, 0.15) is 0 Å². The minimum Gasteiger partial charge on any atom is -0.342 e. The number of likely N-dealkylation sites (tertiary alicyclic amines) is 1. The molecule has 0 aromatic rings. The molecule has 2 saturated heterocycles.